The third-order valence-electron chi connectivity index (χ3n) is 4.30. The molecule has 0 unspecified atom stereocenters. The summed E-state index contributed by atoms with van der Waals surface area (Å²) in [6.45, 7) is 2.04. The maximum Gasteiger partial charge on any atom is 0.258 e. The topological polar surface area (TPSA) is 89.3 Å². The van der Waals surface area contributed by atoms with Gasteiger partial charge in [-0.1, -0.05) is 35.5 Å². The molecule has 2 aromatic carbocycles. The van der Waals surface area contributed by atoms with Crippen LogP contribution in [-0.4, -0.2) is 41.8 Å². The Hall–Kier alpha value is -3.03. The summed E-state index contributed by atoms with van der Waals surface area (Å²) in [5.74, 6) is 0.940. The van der Waals surface area contributed by atoms with Crippen LogP contribution in [0.15, 0.2) is 59.1 Å². The minimum absolute atomic E-state index is 0.0464. The minimum atomic E-state index is -0.0464. The molecule has 0 saturated carbocycles. The molecule has 1 amide bonds. The molecule has 7 nitrogen and oxygen atoms in total. The highest BCUT2D eigenvalue weighted by Gasteiger charge is 2.17. The molecule has 1 aliphatic rings. The molecule has 0 bridgehead atoms. The quantitative estimate of drug-likeness (QED) is 0.724. The SMILES string of the molecule is O=C(C[C@H]1COCCN1)Nc1ccc(-c2nc(-c3ccccc3)no2)cc1. The van der Waals surface area contributed by atoms with Crippen LogP contribution in [0.1, 0.15) is 6.42 Å². The van der Waals surface area contributed by atoms with Gasteiger partial charge in [-0.15, -0.1) is 0 Å². The van der Waals surface area contributed by atoms with Crippen molar-refractivity contribution >= 4 is 11.6 Å². The first kappa shape index (κ1) is 17.4. The maximum atomic E-state index is 12.1. The molecule has 1 saturated heterocycles. The Balaban J connectivity index is 1.39. The van der Waals surface area contributed by atoms with Crippen molar-refractivity contribution < 1.29 is 14.1 Å². The molecule has 3 aromatic rings. The lowest BCUT2D eigenvalue weighted by Crippen LogP contribution is -2.43. The van der Waals surface area contributed by atoms with E-state index in [1.165, 1.54) is 0 Å². The Labute approximate surface area is 156 Å². The Morgan fingerprint density at radius 2 is 1.93 bits per heavy atom. The van der Waals surface area contributed by atoms with Crippen molar-refractivity contribution in [3.63, 3.8) is 0 Å². The van der Waals surface area contributed by atoms with Crippen LogP contribution >= 0.6 is 0 Å². The Morgan fingerprint density at radius 3 is 2.67 bits per heavy atom. The zero-order valence-electron chi connectivity index (χ0n) is 14.7. The number of nitrogens with one attached hydrogen (secondary N) is 2. The number of hydrogen-bond acceptors (Lipinski definition) is 6. The molecule has 1 atom stereocenters. The predicted molar refractivity (Wildman–Crippen MR) is 101 cm³/mol. The number of amides is 1. The number of morpholine rings is 1. The minimum Gasteiger partial charge on any atom is -0.378 e. The van der Waals surface area contributed by atoms with E-state index in [0.717, 1.165) is 23.4 Å². The first-order valence-electron chi connectivity index (χ1n) is 8.88. The number of anilines is 1. The van der Waals surface area contributed by atoms with Crippen LogP contribution in [0, 0.1) is 0 Å². The Kier molecular flexibility index (Phi) is 5.22. The fourth-order valence-electron chi connectivity index (χ4n) is 2.93. The molecule has 4 rings (SSSR count). The fraction of sp³-hybridized carbons (Fsp3) is 0.250. The number of carbonyl (C=O) groups is 1. The second-order valence-electron chi connectivity index (χ2n) is 6.34. The summed E-state index contributed by atoms with van der Waals surface area (Å²) in [5, 5.41) is 10.2. The standard InChI is InChI=1S/C20H20N4O3/c25-18(12-17-13-26-11-10-21-17)22-16-8-6-15(7-9-16)20-23-19(24-27-20)14-4-2-1-3-5-14/h1-9,17,21H,10-13H2,(H,22,25)/t17-/m0/s1. The molecule has 27 heavy (non-hydrogen) atoms. The van der Waals surface area contributed by atoms with Gasteiger partial charge >= 0.3 is 0 Å². The highest BCUT2D eigenvalue weighted by molar-refractivity contribution is 5.91. The van der Waals surface area contributed by atoms with Gasteiger partial charge in [0.05, 0.1) is 13.2 Å². The van der Waals surface area contributed by atoms with E-state index in [4.69, 9.17) is 9.26 Å². The predicted octanol–water partition coefficient (Wildman–Crippen LogP) is 2.72. The summed E-state index contributed by atoms with van der Waals surface area (Å²) >= 11 is 0. The lowest BCUT2D eigenvalue weighted by atomic mass is 10.1. The zero-order chi connectivity index (χ0) is 18.5. The number of carbonyl (C=O) groups excluding carboxylic acids is 1. The van der Waals surface area contributed by atoms with E-state index in [9.17, 15) is 4.79 Å². The lowest BCUT2D eigenvalue weighted by Gasteiger charge is -2.23. The average molecular weight is 364 g/mol. The van der Waals surface area contributed by atoms with Crippen LogP contribution in [0.2, 0.25) is 0 Å². The van der Waals surface area contributed by atoms with E-state index >= 15 is 0 Å². The first-order valence-corrected chi connectivity index (χ1v) is 8.88. The summed E-state index contributed by atoms with van der Waals surface area (Å²) in [5.41, 5.74) is 2.42. The van der Waals surface area contributed by atoms with Crippen molar-refractivity contribution in [1.29, 1.82) is 0 Å². The second-order valence-corrected chi connectivity index (χ2v) is 6.34. The van der Waals surface area contributed by atoms with Gasteiger partial charge < -0.3 is 19.9 Å². The second kappa shape index (κ2) is 8.11. The molecule has 1 aliphatic heterocycles. The van der Waals surface area contributed by atoms with Gasteiger partial charge in [-0.05, 0) is 24.3 Å². The number of ether oxygens (including phenoxy) is 1. The van der Waals surface area contributed by atoms with E-state index in [2.05, 4.69) is 20.8 Å². The van der Waals surface area contributed by atoms with Crippen molar-refractivity contribution in [2.45, 2.75) is 12.5 Å². The number of aromatic nitrogens is 2. The number of benzene rings is 2. The lowest BCUT2D eigenvalue weighted by molar-refractivity contribution is -0.117. The highest BCUT2D eigenvalue weighted by atomic mass is 16.5. The van der Waals surface area contributed by atoms with Gasteiger partial charge in [-0.25, -0.2) is 0 Å². The molecule has 1 fully saturated rings. The van der Waals surface area contributed by atoms with Gasteiger partial charge in [0.1, 0.15) is 0 Å². The summed E-state index contributed by atoms with van der Waals surface area (Å²) < 4.78 is 10.7. The van der Waals surface area contributed by atoms with Crippen molar-refractivity contribution in [2.24, 2.45) is 0 Å². The van der Waals surface area contributed by atoms with Crippen molar-refractivity contribution in [1.82, 2.24) is 15.5 Å². The van der Waals surface area contributed by atoms with Crippen LogP contribution in [-0.2, 0) is 9.53 Å². The van der Waals surface area contributed by atoms with Gasteiger partial charge in [-0.3, -0.25) is 4.79 Å². The molecule has 7 heteroatoms. The molecule has 0 aliphatic carbocycles. The van der Waals surface area contributed by atoms with Crippen LogP contribution in [0.25, 0.3) is 22.8 Å². The monoisotopic (exact) mass is 364 g/mol. The molecule has 0 spiro atoms. The largest absolute Gasteiger partial charge is 0.378 e. The van der Waals surface area contributed by atoms with E-state index in [1.807, 2.05) is 54.6 Å². The number of nitrogens with zero attached hydrogens (tertiary/aromatic N) is 2. The molecule has 2 N–H and O–H groups in total. The van der Waals surface area contributed by atoms with Gasteiger partial charge in [0.15, 0.2) is 0 Å². The third kappa shape index (κ3) is 4.39. The van der Waals surface area contributed by atoms with Gasteiger partial charge in [-0.2, -0.15) is 4.98 Å². The third-order valence-corrected chi connectivity index (χ3v) is 4.30. The fourth-order valence-corrected chi connectivity index (χ4v) is 2.93. The molecule has 2 heterocycles. The summed E-state index contributed by atoms with van der Waals surface area (Å²) in [4.78, 5) is 16.6. The zero-order valence-corrected chi connectivity index (χ0v) is 14.7. The Morgan fingerprint density at radius 1 is 1.11 bits per heavy atom. The summed E-state index contributed by atoms with van der Waals surface area (Å²) in [7, 11) is 0. The van der Waals surface area contributed by atoms with Crippen LogP contribution in [0.5, 0.6) is 0 Å². The van der Waals surface area contributed by atoms with Crippen LogP contribution in [0.4, 0.5) is 5.69 Å². The molecular weight excluding hydrogens is 344 g/mol. The highest BCUT2D eigenvalue weighted by Crippen LogP contribution is 2.23. The summed E-state index contributed by atoms with van der Waals surface area (Å²) in [6.07, 6.45) is 0.381. The van der Waals surface area contributed by atoms with E-state index in [1.54, 1.807) is 0 Å². The molecule has 0 radical (unpaired) electrons. The summed E-state index contributed by atoms with van der Waals surface area (Å²) in [6, 6.07) is 17.1. The van der Waals surface area contributed by atoms with Gasteiger partial charge in [0.25, 0.3) is 5.89 Å². The van der Waals surface area contributed by atoms with E-state index in [-0.39, 0.29) is 11.9 Å². The van der Waals surface area contributed by atoms with Crippen molar-refractivity contribution in [3.8, 4) is 22.8 Å². The van der Waals surface area contributed by atoms with Crippen molar-refractivity contribution in [3.05, 3.63) is 54.6 Å². The normalized spacial score (nSPS) is 16.8. The van der Waals surface area contributed by atoms with E-state index < -0.39 is 0 Å². The van der Waals surface area contributed by atoms with Gasteiger partial charge in [0, 0.05) is 35.8 Å². The van der Waals surface area contributed by atoms with Crippen LogP contribution < -0.4 is 10.6 Å². The smallest absolute Gasteiger partial charge is 0.258 e. The molecule has 1 aromatic heterocycles. The number of hydrogen-bond donors (Lipinski definition) is 2. The molecule has 138 valence electrons. The number of rotatable bonds is 5. The first-order chi connectivity index (χ1) is 13.3. The molecular formula is C20H20N4O3. The van der Waals surface area contributed by atoms with E-state index in [0.29, 0.717) is 31.3 Å². The van der Waals surface area contributed by atoms with Crippen molar-refractivity contribution in [2.75, 3.05) is 25.1 Å². The average Bonchev–Trinajstić information content (AvgIpc) is 3.20. The maximum absolute atomic E-state index is 12.1. The van der Waals surface area contributed by atoms with Gasteiger partial charge in [0.2, 0.25) is 11.7 Å². The van der Waals surface area contributed by atoms with Crippen LogP contribution in [0.3, 0.4) is 0 Å². The Bertz CT molecular complexity index is 887.